The molecule has 0 aromatic carbocycles. The molecule has 7 nitrogen and oxygen atoms in total. The third-order valence-corrected chi connectivity index (χ3v) is 4.15. The normalized spacial score (nSPS) is 21.9. The van der Waals surface area contributed by atoms with Crippen molar-refractivity contribution in [2.45, 2.75) is 51.7 Å². The second-order valence-corrected chi connectivity index (χ2v) is 6.05. The smallest absolute Gasteiger partial charge is 0.318 e. The Labute approximate surface area is 130 Å². The van der Waals surface area contributed by atoms with Crippen LogP contribution in [0.5, 0.6) is 0 Å². The fourth-order valence-corrected chi connectivity index (χ4v) is 2.76. The lowest BCUT2D eigenvalue weighted by Gasteiger charge is -2.33. The first-order valence-corrected chi connectivity index (χ1v) is 8.22. The quantitative estimate of drug-likeness (QED) is 0.872. The molecule has 1 saturated carbocycles. The van der Waals surface area contributed by atoms with Gasteiger partial charge in [0.25, 0.3) is 5.89 Å². The summed E-state index contributed by atoms with van der Waals surface area (Å²) < 4.78 is 10.8. The number of hydrogen-bond acceptors (Lipinski definition) is 5. The van der Waals surface area contributed by atoms with Gasteiger partial charge in [0.15, 0.2) is 5.82 Å². The summed E-state index contributed by atoms with van der Waals surface area (Å²) in [5.41, 5.74) is 0. The number of aromatic nitrogens is 2. The third-order valence-electron chi connectivity index (χ3n) is 4.15. The van der Waals surface area contributed by atoms with Crippen LogP contribution in [0.25, 0.3) is 0 Å². The maximum atomic E-state index is 12.1. The molecule has 1 aromatic heterocycles. The van der Waals surface area contributed by atoms with Crippen molar-refractivity contribution in [3.05, 3.63) is 11.7 Å². The van der Waals surface area contributed by atoms with Crippen molar-refractivity contribution in [1.82, 2.24) is 20.4 Å². The molecule has 3 rings (SSSR count). The van der Waals surface area contributed by atoms with E-state index in [4.69, 9.17) is 9.26 Å². The number of likely N-dealkylation sites (tertiary alicyclic amines) is 1. The molecule has 2 heterocycles. The summed E-state index contributed by atoms with van der Waals surface area (Å²) in [6.45, 7) is 4.40. The Balaban J connectivity index is 1.60. The number of ether oxygens (including phenoxy) is 1. The molecular formula is C15H24N4O3. The zero-order valence-electron chi connectivity index (χ0n) is 13.1. The van der Waals surface area contributed by atoms with Crippen LogP contribution in [0, 0.1) is 5.92 Å². The first-order chi connectivity index (χ1) is 10.8. The molecular weight excluding hydrogens is 284 g/mol. The van der Waals surface area contributed by atoms with Crippen LogP contribution >= 0.6 is 0 Å². The van der Waals surface area contributed by atoms with Gasteiger partial charge in [0.2, 0.25) is 0 Å². The number of nitrogens with one attached hydrogen (secondary N) is 1. The van der Waals surface area contributed by atoms with Crippen LogP contribution in [0.15, 0.2) is 4.52 Å². The minimum atomic E-state index is -0.0961. The van der Waals surface area contributed by atoms with Gasteiger partial charge < -0.3 is 19.5 Å². The minimum absolute atomic E-state index is 0.0523. The van der Waals surface area contributed by atoms with Crippen LogP contribution in [0.4, 0.5) is 4.79 Å². The largest absolute Gasteiger partial charge is 0.371 e. The summed E-state index contributed by atoms with van der Waals surface area (Å²) in [5.74, 6) is 1.81. The Kier molecular flexibility index (Phi) is 4.92. The number of hydrogen-bond donors (Lipinski definition) is 1. The van der Waals surface area contributed by atoms with Gasteiger partial charge in [0.1, 0.15) is 6.61 Å². The van der Waals surface area contributed by atoms with E-state index in [-0.39, 0.29) is 12.1 Å². The third kappa shape index (κ3) is 3.76. The predicted molar refractivity (Wildman–Crippen MR) is 79.0 cm³/mol. The van der Waals surface area contributed by atoms with Gasteiger partial charge in [-0.2, -0.15) is 4.98 Å². The lowest BCUT2D eigenvalue weighted by atomic mass is 10.0. The van der Waals surface area contributed by atoms with E-state index in [1.165, 1.54) is 12.8 Å². The summed E-state index contributed by atoms with van der Waals surface area (Å²) >= 11 is 0. The van der Waals surface area contributed by atoms with E-state index in [1.54, 1.807) is 0 Å². The Morgan fingerprint density at radius 3 is 3.05 bits per heavy atom. The lowest BCUT2D eigenvalue weighted by molar-refractivity contribution is 0.0893. The zero-order valence-corrected chi connectivity index (χ0v) is 13.1. The van der Waals surface area contributed by atoms with Crippen molar-refractivity contribution in [2.24, 2.45) is 5.92 Å². The lowest BCUT2D eigenvalue weighted by Crippen LogP contribution is -2.44. The standard InChI is InChI=1S/C15H24N4O3/c1-2-16-15(20)19-8-4-3-5-12(19)14-17-13(22-18-14)10-21-9-11-6-7-11/h11-12H,2-10H2,1H3,(H,16,20). The Morgan fingerprint density at radius 1 is 1.41 bits per heavy atom. The van der Waals surface area contributed by atoms with Crippen molar-refractivity contribution >= 4 is 6.03 Å². The van der Waals surface area contributed by atoms with E-state index in [9.17, 15) is 4.79 Å². The number of carbonyl (C=O) groups is 1. The highest BCUT2D eigenvalue weighted by atomic mass is 16.5. The summed E-state index contributed by atoms with van der Waals surface area (Å²) in [4.78, 5) is 18.4. The van der Waals surface area contributed by atoms with Crippen LogP contribution in [0.1, 0.15) is 56.8 Å². The maximum absolute atomic E-state index is 12.1. The zero-order chi connectivity index (χ0) is 15.4. The number of urea groups is 1. The molecule has 2 fully saturated rings. The van der Waals surface area contributed by atoms with Gasteiger partial charge in [0.05, 0.1) is 12.6 Å². The van der Waals surface area contributed by atoms with E-state index in [0.717, 1.165) is 32.4 Å². The van der Waals surface area contributed by atoms with Crippen molar-refractivity contribution in [2.75, 3.05) is 19.7 Å². The molecule has 1 aromatic rings. The van der Waals surface area contributed by atoms with Gasteiger partial charge >= 0.3 is 6.03 Å². The first-order valence-electron chi connectivity index (χ1n) is 8.22. The molecule has 2 aliphatic rings. The van der Waals surface area contributed by atoms with Gasteiger partial charge in [-0.25, -0.2) is 4.79 Å². The number of rotatable bonds is 6. The average Bonchev–Trinajstić information content (AvgIpc) is 3.24. The highest BCUT2D eigenvalue weighted by Gasteiger charge is 2.31. The molecule has 0 radical (unpaired) electrons. The van der Waals surface area contributed by atoms with Crippen LogP contribution in [-0.2, 0) is 11.3 Å². The molecule has 1 atom stereocenters. The molecule has 1 saturated heterocycles. The van der Waals surface area contributed by atoms with E-state index < -0.39 is 0 Å². The van der Waals surface area contributed by atoms with Gasteiger partial charge in [-0.1, -0.05) is 5.16 Å². The average molecular weight is 308 g/mol. The summed E-state index contributed by atoms with van der Waals surface area (Å²) in [5, 5.41) is 6.91. The molecule has 1 aliphatic heterocycles. The highest BCUT2D eigenvalue weighted by Crippen LogP contribution is 2.30. The summed E-state index contributed by atoms with van der Waals surface area (Å²) in [6.07, 6.45) is 5.49. The summed E-state index contributed by atoms with van der Waals surface area (Å²) in [6, 6.07) is -0.148. The van der Waals surface area contributed by atoms with Crippen molar-refractivity contribution in [3.63, 3.8) is 0 Å². The molecule has 1 N–H and O–H groups in total. The van der Waals surface area contributed by atoms with Crippen LogP contribution in [-0.4, -0.2) is 40.8 Å². The molecule has 1 aliphatic carbocycles. The molecule has 7 heteroatoms. The van der Waals surface area contributed by atoms with Crippen molar-refractivity contribution in [3.8, 4) is 0 Å². The van der Waals surface area contributed by atoms with Gasteiger partial charge in [-0.05, 0) is 44.9 Å². The Bertz CT molecular complexity index is 501. The van der Waals surface area contributed by atoms with Gasteiger partial charge in [0, 0.05) is 13.1 Å². The predicted octanol–water partition coefficient (Wildman–Crippen LogP) is 2.25. The van der Waals surface area contributed by atoms with Crippen LogP contribution < -0.4 is 5.32 Å². The van der Waals surface area contributed by atoms with Gasteiger partial charge in [-0.15, -0.1) is 0 Å². The fraction of sp³-hybridized carbons (Fsp3) is 0.800. The molecule has 0 bridgehead atoms. The topological polar surface area (TPSA) is 80.5 Å². The van der Waals surface area contributed by atoms with E-state index in [0.29, 0.717) is 30.8 Å². The second kappa shape index (κ2) is 7.09. The molecule has 1 unspecified atom stereocenters. The van der Waals surface area contributed by atoms with Crippen LogP contribution in [0.2, 0.25) is 0 Å². The Morgan fingerprint density at radius 2 is 2.27 bits per heavy atom. The van der Waals surface area contributed by atoms with Crippen LogP contribution in [0.3, 0.4) is 0 Å². The van der Waals surface area contributed by atoms with E-state index in [2.05, 4.69) is 15.5 Å². The van der Waals surface area contributed by atoms with Crippen molar-refractivity contribution < 1.29 is 14.1 Å². The highest BCUT2D eigenvalue weighted by molar-refractivity contribution is 5.74. The van der Waals surface area contributed by atoms with E-state index in [1.807, 2.05) is 11.8 Å². The Hall–Kier alpha value is -1.63. The fourth-order valence-electron chi connectivity index (χ4n) is 2.76. The van der Waals surface area contributed by atoms with Gasteiger partial charge in [-0.3, -0.25) is 0 Å². The molecule has 22 heavy (non-hydrogen) atoms. The monoisotopic (exact) mass is 308 g/mol. The molecule has 2 amide bonds. The minimum Gasteiger partial charge on any atom is -0.371 e. The van der Waals surface area contributed by atoms with Crippen molar-refractivity contribution in [1.29, 1.82) is 0 Å². The molecule has 0 spiro atoms. The first kappa shape index (κ1) is 15.3. The number of nitrogens with zero attached hydrogens (tertiary/aromatic N) is 3. The van der Waals surface area contributed by atoms with E-state index >= 15 is 0 Å². The second-order valence-electron chi connectivity index (χ2n) is 6.05. The number of amides is 2. The number of carbonyl (C=O) groups excluding carboxylic acids is 1. The number of piperidine rings is 1. The maximum Gasteiger partial charge on any atom is 0.318 e. The summed E-state index contributed by atoms with van der Waals surface area (Å²) in [7, 11) is 0. The molecule has 122 valence electrons. The SMILES string of the molecule is CCNC(=O)N1CCCCC1c1noc(COCC2CC2)n1.